The zero-order valence-electron chi connectivity index (χ0n) is 13.1. The average molecular weight is 403 g/mol. The second-order valence-electron chi connectivity index (χ2n) is 6.04. The number of amides is 1. The molecule has 1 aromatic carbocycles. The number of nitrogens with zero attached hydrogens (tertiary/aromatic N) is 2. The van der Waals surface area contributed by atoms with E-state index < -0.39 is 15.7 Å². The van der Waals surface area contributed by atoms with Gasteiger partial charge in [-0.1, -0.05) is 17.8 Å². The summed E-state index contributed by atoms with van der Waals surface area (Å²) in [6.07, 6.45) is 0. The summed E-state index contributed by atoms with van der Waals surface area (Å²) in [5, 5.41) is 0.425. The van der Waals surface area contributed by atoms with Gasteiger partial charge in [0.05, 0.1) is 17.5 Å². The van der Waals surface area contributed by atoms with Crippen LogP contribution in [0.1, 0.15) is 5.56 Å². The van der Waals surface area contributed by atoms with Gasteiger partial charge in [0.15, 0.2) is 26.5 Å². The Morgan fingerprint density at radius 1 is 1.32 bits per heavy atom. The first kappa shape index (κ1) is 17.0. The predicted molar refractivity (Wildman–Crippen MR) is 95.1 cm³/mol. The van der Waals surface area contributed by atoms with Gasteiger partial charge in [0.2, 0.25) is 6.79 Å². The first-order valence-electron chi connectivity index (χ1n) is 7.65. The summed E-state index contributed by atoms with van der Waals surface area (Å²) >= 11 is 6.90. The molecule has 4 rings (SSSR count). The molecule has 2 fully saturated rings. The van der Waals surface area contributed by atoms with Gasteiger partial charge in [0.1, 0.15) is 5.88 Å². The fourth-order valence-corrected chi connectivity index (χ4v) is 7.22. The third-order valence-corrected chi connectivity index (χ3v) is 7.78. The molecule has 1 aromatic rings. The number of alkyl halides is 1. The molecule has 2 atom stereocenters. The Bertz CT molecular complexity index is 857. The van der Waals surface area contributed by atoms with E-state index in [0.717, 1.165) is 5.56 Å². The van der Waals surface area contributed by atoms with E-state index in [0.29, 0.717) is 23.2 Å². The van der Waals surface area contributed by atoms with Gasteiger partial charge in [-0.3, -0.25) is 4.79 Å². The number of hydrogen-bond donors (Lipinski definition) is 0. The molecule has 1 amide bonds. The third-order valence-electron chi connectivity index (χ3n) is 4.30. The van der Waals surface area contributed by atoms with Crippen LogP contribution in [-0.2, 0) is 21.2 Å². The Morgan fingerprint density at radius 3 is 2.92 bits per heavy atom. The van der Waals surface area contributed by atoms with Gasteiger partial charge < -0.3 is 14.4 Å². The maximum atomic E-state index is 12.0. The summed E-state index contributed by atoms with van der Waals surface area (Å²) < 4.78 is 34.6. The minimum Gasteiger partial charge on any atom is -0.454 e. The van der Waals surface area contributed by atoms with Gasteiger partial charge >= 0.3 is 0 Å². The lowest BCUT2D eigenvalue weighted by Crippen LogP contribution is -2.37. The van der Waals surface area contributed by atoms with Crippen molar-refractivity contribution in [3.63, 3.8) is 0 Å². The maximum Gasteiger partial charge on any atom is 0.262 e. The molecule has 25 heavy (non-hydrogen) atoms. The van der Waals surface area contributed by atoms with Crippen LogP contribution in [0.2, 0.25) is 0 Å². The first-order chi connectivity index (χ1) is 11.9. The molecule has 0 bridgehead atoms. The van der Waals surface area contributed by atoms with Crippen molar-refractivity contribution < 1.29 is 22.7 Å². The number of ether oxygens (including phenoxy) is 2. The van der Waals surface area contributed by atoms with Crippen LogP contribution in [0.4, 0.5) is 0 Å². The Kier molecular flexibility index (Phi) is 4.33. The van der Waals surface area contributed by atoms with Crippen LogP contribution in [-0.4, -0.2) is 59.9 Å². The molecule has 134 valence electrons. The SMILES string of the molecule is O=C(CCl)N=C1S[C@@H]2CS(=O)(=O)C[C@@H]2N1Cc1ccc2c(c1)OCO2. The number of hydrogen-bond acceptors (Lipinski definition) is 6. The second-order valence-corrected chi connectivity index (χ2v) is 9.67. The number of thioether (sulfide) groups is 1. The topological polar surface area (TPSA) is 85.3 Å². The van der Waals surface area contributed by atoms with E-state index in [1.54, 1.807) is 0 Å². The van der Waals surface area contributed by atoms with Crippen molar-refractivity contribution in [1.29, 1.82) is 0 Å². The largest absolute Gasteiger partial charge is 0.454 e. The van der Waals surface area contributed by atoms with Crippen LogP contribution >= 0.6 is 23.4 Å². The van der Waals surface area contributed by atoms with E-state index >= 15 is 0 Å². The first-order valence-corrected chi connectivity index (χ1v) is 10.9. The molecule has 2 saturated heterocycles. The molecule has 0 aliphatic carbocycles. The fraction of sp³-hybridized carbons (Fsp3) is 0.467. The lowest BCUT2D eigenvalue weighted by molar-refractivity contribution is -0.115. The summed E-state index contributed by atoms with van der Waals surface area (Å²) in [6, 6.07) is 5.40. The zero-order chi connectivity index (χ0) is 17.6. The second kappa shape index (κ2) is 6.37. The number of benzene rings is 1. The van der Waals surface area contributed by atoms with Crippen LogP contribution in [0.5, 0.6) is 11.5 Å². The molecule has 0 aromatic heterocycles. The summed E-state index contributed by atoms with van der Waals surface area (Å²) in [4.78, 5) is 17.6. The van der Waals surface area contributed by atoms with Crippen molar-refractivity contribution in [1.82, 2.24) is 4.90 Å². The molecule has 3 aliphatic rings. The quantitative estimate of drug-likeness (QED) is 0.703. The number of amidine groups is 1. The van der Waals surface area contributed by atoms with Gasteiger partial charge in [-0.15, -0.1) is 11.6 Å². The number of carbonyl (C=O) groups is 1. The lowest BCUT2D eigenvalue weighted by atomic mass is 10.1. The lowest BCUT2D eigenvalue weighted by Gasteiger charge is -2.24. The van der Waals surface area contributed by atoms with Crippen molar-refractivity contribution >= 4 is 44.3 Å². The zero-order valence-corrected chi connectivity index (χ0v) is 15.4. The standard InChI is InChI=1S/C15H15ClN2O5S2/c16-4-14(19)17-15-18(10-6-25(20,21)7-13(10)24-15)5-9-1-2-11-12(3-9)23-8-22-11/h1-3,10,13H,4-8H2/t10-,13+/m0/s1. The maximum absolute atomic E-state index is 12.0. The van der Waals surface area contributed by atoms with Gasteiger partial charge in [0, 0.05) is 11.8 Å². The number of fused-ring (bicyclic) bond motifs is 2. The number of aliphatic imine (C=N–C) groups is 1. The van der Waals surface area contributed by atoms with E-state index in [4.69, 9.17) is 21.1 Å². The summed E-state index contributed by atoms with van der Waals surface area (Å²) in [7, 11) is -3.07. The normalized spacial score (nSPS) is 27.7. The summed E-state index contributed by atoms with van der Waals surface area (Å²) in [5.41, 5.74) is 0.931. The smallest absolute Gasteiger partial charge is 0.262 e. The Morgan fingerprint density at radius 2 is 2.12 bits per heavy atom. The van der Waals surface area contributed by atoms with E-state index in [9.17, 15) is 13.2 Å². The molecule has 0 radical (unpaired) electrons. The highest BCUT2D eigenvalue weighted by atomic mass is 35.5. The van der Waals surface area contributed by atoms with Crippen molar-refractivity contribution in [2.75, 3.05) is 24.2 Å². The Balaban J connectivity index is 1.63. The van der Waals surface area contributed by atoms with Crippen LogP contribution in [0.3, 0.4) is 0 Å². The van der Waals surface area contributed by atoms with Gasteiger partial charge in [-0.25, -0.2) is 8.42 Å². The number of halogens is 1. The molecule has 0 N–H and O–H groups in total. The van der Waals surface area contributed by atoms with E-state index in [-0.39, 0.29) is 35.5 Å². The van der Waals surface area contributed by atoms with Crippen molar-refractivity contribution in [2.45, 2.75) is 17.8 Å². The molecule has 7 nitrogen and oxygen atoms in total. The molecule has 3 heterocycles. The van der Waals surface area contributed by atoms with E-state index in [2.05, 4.69) is 4.99 Å². The van der Waals surface area contributed by atoms with Gasteiger partial charge in [0.25, 0.3) is 5.91 Å². The van der Waals surface area contributed by atoms with Crippen LogP contribution in [0, 0.1) is 0 Å². The number of carbonyl (C=O) groups excluding carboxylic acids is 1. The van der Waals surface area contributed by atoms with Crippen molar-refractivity contribution in [3.8, 4) is 11.5 Å². The number of rotatable bonds is 3. The van der Waals surface area contributed by atoms with Gasteiger partial charge in [-0.2, -0.15) is 4.99 Å². The van der Waals surface area contributed by atoms with Crippen LogP contribution < -0.4 is 9.47 Å². The average Bonchev–Trinajstić information content (AvgIpc) is 3.21. The van der Waals surface area contributed by atoms with Gasteiger partial charge in [-0.05, 0) is 17.7 Å². The molecule has 0 spiro atoms. The molecule has 0 saturated carbocycles. The Hall–Kier alpha value is -1.45. The highest BCUT2D eigenvalue weighted by molar-refractivity contribution is 8.15. The molecule has 3 aliphatic heterocycles. The predicted octanol–water partition coefficient (Wildman–Crippen LogP) is 1.25. The molecular formula is C15H15ClN2O5S2. The van der Waals surface area contributed by atoms with Crippen molar-refractivity contribution in [2.24, 2.45) is 4.99 Å². The highest BCUT2D eigenvalue weighted by Gasteiger charge is 2.48. The highest BCUT2D eigenvalue weighted by Crippen LogP contribution is 2.40. The minimum absolute atomic E-state index is 0.0727. The third kappa shape index (κ3) is 3.32. The molecule has 10 heteroatoms. The fourth-order valence-electron chi connectivity index (χ4n) is 3.19. The number of sulfone groups is 1. The molecule has 0 unspecified atom stereocenters. The summed E-state index contributed by atoms with van der Waals surface area (Å²) in [5.74, 6) is 0.900. The van der Waals surface area contributed by atoms with Crippen molar-refractivity contribution in [3.05, 3.63) is 23.8 Å². The van der Waals surface area contributed by atoms with E-state index in [1.807, 2.05) is 23.1 Å². The summed E-state index contributed by atoms with van der Waals surface area (Å²) in [6.45, 7) is 0.632. The van der Waals surface area contributed by atoms with Crippen LogP contribution in [0.25, 0.3) is 0 Å². The van der Waals surface area contributed by atoms with Crippen LogP contribution in [0.15, 0.2) is 23.2 Å². The molecular weight excluding hydrogens is 388 g/mol. The van der Waals surface area contributed by atoms with E-state index in [1.165, 1.54) is 11.8 Å². The monoisotopic (exact) mass is 402 g/mol. The minimum atomic E-state index is -3.07. The Labute approximate surface area is 154 Å².